The summed E-state index contributed by atoms with van der Waals surface area (Å²) in [6.45, 7) is 1.08. The molecule has 0 radical (unpaired) electrons. The van der Waals surface area contributed by atoms with Gasteiger partial charge >= 0.3 is 5.97 Å². The molecule has 3 rings (SSSR count). The van der Waals surface area contributed by atoms with Crippen LogP contribution in [-0.4, -0.2) is 24.6 Å². The number of amides is 1. The Bertz CT molecular complexity index is 1090. The first kappa shape index (κ1) is 23.7. The van der Waals surface area contributed by atoms with Gasteiger partial charge in [-0.1, -0.05) is 53.0 Å². The zero-order valence-electron chi connectivity index (χ0n) is 16.9. The van der Waals surface area contributed by atoms with E-state index in [1.807, 2.05) is 42.5 Å². The average Bonchev–Trinajstić information content (AvgIpc) is 2.77. The van der Waals surface area contributed by atoms with Crippen molar-refractivity contribution in [3.63, 3.8) is 0 Å². The lowest BCUT2D eigenvalue weighted by molar-refractivity contribution is -0.155. The lowest BCUT2D eigenvalue weighted by Crippen LogP contribution is -2.31. The maximum Gasteiger partial charge on any atom is 0.344 e. The van der Waals surface area contributed by atoms with Crippen LogP contribution in [-0.2, 0) is 14.3 Å². The van der Waals surface area contributed by atoms with Crippen molar-refractivity contribution in [1.29, 1.82) is 0 Å². The van der Waals surface area contributed by atoms with Crippen molar-refractivity contribution < 1.29 is 19.1 Å². The molecular weight excluding hydrogens is 475 g/mol. The highest BCUT2D eigenvalue weighted by Crippen LogP contribution is 2.32. The fourth-order valence-electron chi connectivity index (χ4n) is 2.60. The summed E-state index contributed by atoms with van der Waals surface area (Å²) in [5, 5.41) is 6.49. The first-order valence-electron chi connectivity index (χ1n) is 9.51. The molecule has 166 valence electrons. The van der Waals surface area contributed by atoms with E-state index in [4.69, 9.17) is 44.3 Å². The lowest BCUT2D eigenvalue weighted by atomic mass is 10.2. The van der Waals surface area contributed by atoms with Crippen molar-refractivity contribution in [2.45, 2.75) is 13.0 Å². The number of esters is 1. The number of nitrogens with one attached hydrogen (secondary N) is 2. The second kappa shape index (κ2) is 11.1. The van der Waals surface area contributed by atoms with Crippen molar-refractivity contribution in [2.75, 3.05) is 17.2 Å². The van der Waals surface area contributed by atoms with Gasteiger partial charge in [0.25, 0.3) is 5.91 Å². The van der Waals surface area contributed by atoms with Gasteiger partial charge in [-0.15, -0.1) is 0 Å². The molecule has 3 aromatic carbocycles. The van der Waals surface area contributed by atoms with Crippen molar-refractivity contribution >= 4 is 63.7 Å². The highest BCUT2D eigenvalue weighted by atomic mass is 35.5. The first-order chi connectivity index (χ1) is 15.3. The molecule has 2 N–H and O–H groups in total. The zero-order chi connectivity index (χ0) is 23.1. The molecule has 1 unspecified atom stereocenters. The number of rotatable bonds is 8. The molecule has 0 saturated carbocycles. The summed E-state index contributed by atoms with van der Waals surface area (Å²) in [6.07, 6.45) is -1.07. The summed E-state index contributed by atoms with van der Waals surface area (Å²) >= 11 is 17.8. The van der Waals surface area contributed by atoms with E-state index < -0.39 is 18.0 Å². The monoisotopic (exact) mass is 492 g/mol. The van der Waals surface area contributed by atoms with E-state index in [0.717, 1.165) is 11.4 Å². The molecule has 0 spiro atoms. The number of hydrogen-bond donors (Lipinski definition) is 2. The summed E-state index contributed by atoms with van der Waals surface area (Å²) in [4.78, 5) is 24.3. The number of benzene rings is 3. The predicted octanol–water partition coefficient (Wildman–Crippen LogP) is 6.34. The zero-order valence-corrected chi connectivity index (χ0v) is 19.2. The molecular formula is C23H19Cl3N2O4. The van der Waals surface area contributed by atoms with Crippen LogP contribution in [0.5, 0.6) is 5.75 Å². The molecule has 3 aromatic rings. The number of para-hydroxylation sites is 1. The third-order valence-corrected chi connectivity index (χ3v) is 5.25. The minimum Gasteiger partial charge on any atom is -0.482 e. The smallest absolute Gasteiger partial charge is 0.344 e. The Morgan fingerprint density at radius 3 is 2.19 bits per heavy atom. The molecule has 0 fully saturated rings. The van der Waals surface area contributed by atoms with Crippen molar-refractivity contribution in [3.05, 3.63) is 81.8 Å². The third kappa shape index (κ3) is 6.79. The molecule has 0 aliphatic carbocycles. The van der Waals surface area contributed by atoms with Crippen LogP contribution in [0.1, 0.15) is 6.92 Å². The van der Waals surface area contributed by atoms with Crippen LogP contribution in [0.15, 0.2) is 66.7 Å². The van der Waals surface area contributed by atoms with Crippen LogP contribution >= 0.6 is 34.8 Å². The van der Waals surface area contributed by atoms with E-state index in [0.29, 0.717) is 5.75 Å². The number of anilines is 3. The van der Waals surface area contributed by atoms with Gasteiger partial charge < -0.3 is 20.1 Å². The summed E-state index contributed by atoms with van der Waals surface area (Å²) in [6, 6.07) is 19.6. The fraction of sp³-hybridized carbons (Fsp3) is 0.130. The number of ether oxygens (including phenoxy) is 2. The van der Waals surface area contributed by atoms with Crippen LogP contribution in [0, 0.1) is 0 Å². The van der Waals surface area contributed by atoms with Crippen LogP contribution in [0.2, 0.25) is 15.1 Å². The molecule has 32 heavy (non-hydrogen) atoms. The second-order valence-electron chi connectivity index (χ2n) is 6.67. The molecule has 9 heteroatoms. The molecule has 0 saturated heterocycles. The van der Waals surface area contributed by atoms with Gasteiger partial charge in [0.05, 0.1) is 20.8 Å². The lowest BCUT2D eigenvalue weighted by Gasteiger charge is -2.15. The fourth-order valence-corrected chi connectivity index (χ4v) is 3.20. The normalized spacial score (nSPS) is 11.4. The Hall–Kier alpha value is -2.93. The van der Waals surface area contributed by atoms with Gasteiger partial charge in [-0.3, -0.25) is 4.79 Å². The maximum absolute atomic E-state index is 12.3. The number of carbonyl (C=O) groups excluding carboxylic acids is 2. The van der Waals surface area contributed by atoms with Gasteiger partial charge in [0.15, 0.2) is 12.7 Å². The number of hydrogen-bond acceptors (Lipinski definition) is 5. The van der Waals surface area contributed by atoms with Gasteiger partial charge in [0.2, 0.25) is 0 Å². The van der Waals surface area contributed by atoms with E-state index in [1.54, 1.807) is 12.1 Å². The van der Waals surface area contributed by atoms with E-state index in [2.05, 4.69) is 10.6 Å². The Kier molecular flexibility index (Phi) is 8.22. The Balaban J connectivity index is 1.46. The molecule has 1 amide bonds. The second-order valence-corrected chi connectivity index (χ2v) is 7.89. The SMILES string of the molecule is CC(OC(=O)COc1ccc(Nc2ccccc2)cc1)C(=O)Nc1cc(Cl)c(Cl)cc1Cl. The minimum atomic E-state index is -1.07. The predicted molar refractivity (Wildman–Crippen MR) is 127 cm³/mol. The average molecular weight is 494 g/mol. The minimum absolute atomic E-state index is 0.208. The highest BCUT2D eigenvalue weighted by molar-refractivity contribution is 6.44. The molecule has 0 aromatic heterocycles. The van der Waals surface area contributed by atoms with Gasteiger partial charge in [0, 0.05) is 11.4 Å². The summed E-state index contributed by atoms with van der Waals surface area (Å²) < 4.78 is 10.5. The van der Waals surface area contributed by atoms with Gasteiger partial charge in [-0.2, -0.15) is 0 Å². The molecule has 0 aliphatic rings. The van der Waals surface area contributed by atoms with Crippen molar-refractivity contribution in [3.8, 4) is 5.75 Å². The molecule has 0 heterocycles. The summed E-state index contributed by atoms with van der Waals surface area (Å²) in [5.74, 6) is -0.783. The molecule has 0 bridgehead atoms. The van der Waals surface area contributed by atoms with Crippen molar-refractivity contribution in [1.82, 2.24) is 0 Å². The van der Waals surface area contributed by atoms with Crippen LogP contribution in [0.3, 0.4) is 0 Å². The topological polar surface area (TPSA) is 76.7 Å². The Labute approximate surface area is 200 Å². The number of carbonyl (C=O) groups is 2. The van der Waals surface area contributed by atoms with E-state index in [9.17, 15) is 9.59 Å². The first-order valence-corrected chi connectivity index (χ1v) is 10.6. The quantitative estimate of drug-likeness (QED) is 0.283. The molecule has 6 nitrogen and oxygen atoms in total. The third-order valence-electron chi connectivity index (χ3n) is 4.22. The van der Waals surface area contributed by atoms with Gasteiger partial charge in [-0.25, -0.2) is 4.79 Å². The summed E-state index contributed by atoms with van der Waals surface area (Å²) in [7, 11) is 0. The van der Waals surface area contributed by atoms with E-state index in [1.165, 1.54) is 19.1 Å². The Morgan fingerprint density at radius 2 is 1.50 bits per heavy atom. The van der Waals surface area contributed by atoms with Crippen LogP contribution < -0.4 is 15.4 Å². The van der Waals surface area contributed by atoms with E-state index in [-0.39, 0.29) is 27.4 Å². The Morgan fingerprint density at radius 1 is 0.875 bits per heavy atom. The molecule has 0 aliphatic heterocycles. The summed E-state index contributed by atoms with van der Waals surface area (Å²) in [5.41, 5.74) is 2.09. The van der Waals surface area contributed by atoms with Gasteiger partial charge in [0.1, 0.15) is 5.75 Å². The maximum atomic E-state index is 12.3. The largest absolute Gasteiger partial charge is 0.482 e. The number of halogens is 3. The van der Waals surface area contributed by atoms with Crippen molar-refractivity contribution in [2.24, 2.45) is 0 Å². The molecule has 1 atom stereocenters. The highest BCUT2D eigenvalue weighted by Gasteiger charge is 2.20. The standard InChI is InChI=1S/C23H19Cl3N2O4/c1-14(23(30)28-21-12-19(25)18(24)11-20(21)26)32-22(29)13-31-17-9-7-16(8-10-17)27-15-5-3-2-4-6-15/h2-12,14,27H,13H2,1H3,(H,28,30). The van der Waals surface area contributed by atoms with Crippen LogP contribution in [0.4, 0.5) is 17.1 Å². The van der Waals surface area contributed by atoms with Crippen LogP contribution in [0.25, 0.3) is 0 Å². The van der Waals surface area contributed by atoms with E-state index >= 15 is 0 Å². The van der Waals surface area contributed by atoms with Gasteiger partial charge in [-0.05, 0) is 55.5 Å².